The van der Waals surface area contributed by atoms with Gasteiger partial charge in [0.2, 0.25) is 0 Å². The summed E-state index contributed by atoms with van der Waals surface area (Å²) >= 11 is 0. The van der Waals surface area contributed by atoms with E-state index in [1.165, 1.54) is 0 Å². The maximum Gasteiger partial charge on any atom is 0.161 e. The van der Waals surface area contributed by atoms with Crippen LogP contribution in [0.15, 0.2) is 18.2 Å². The van der Waals surface area contributed by atoms with Gasteiger partial charge in [0.1, 0.15) is 5.82 Å². The Balaban J connectivity index is 2.47. The molecule has 21 heavy (non-hydrogen) atoms. The quantitative estimate of drug-likeness (QED) is 0.907. The predicted octanol–water partition coefficient (Wildman–Crippen LogP) is 3.79. The van der Waals surface area contributed by atoms with Crippen molar-refractivity contribution in [3.05, 3.63) is 35.3 Å². The van der Waals surface area contributed by atoms with Crippen molar-refractivity contribution in [2.75, 3.05) is 11.9 Å². The van der Waals surface area contributed by atoms with Gasteiger partial charge in [0.15, 0.2) is 5.82 Å². The van der Waals surface area contributed by atoms with Crippen LogP contribution < -0.4 is 5.32 Å². The number of anilines is 1. The molecule has 0 saturated heterocycles. The van der Waals surface area contributed by atoms with Crippen molar-refractivity contribution in [2.45, 2.75) is 41.0 Å². The average molecular weight is 284 g/mol. The fourth-order valence-corrected chi connectivity index (χ4v) is 2.38. The highest BCUT2D eigenvalue weighted by Gasteiger charge is 2.09. The molecule has 2 rings (SSSR count). The van der Waals surface area contributed by atoms with Gasteiger partial charge in [-0.25, -0.2) is 9.97 Å². The van der Waals surface area contributed by atoms with Crippen LogP contribution in [0.25, 0.3) is 11.4 Å². The number of nitrogens with one attached hydrogen (secondary N) is 1. The topological polar surface area (TPSA) is 50.7 Å². The largest absolute Gasteiger partial charge is 0.370 e. The summed E-state index contributed by atoms with van der Waals surface area (Å²) in [6, 6.07) is 6.13. The highest BCUT2D eigenvalue weighted by molar-refractivity contribution is 5.58. The molecule has 1 N–H and O–H groups in total. The third-order valence-corrected chi connectivity index (χ3v) is 3.09. The summed E-state index contributed by atoms with van der Waals surface area (Å²) in [6.45, 7) is 11.3. The number of aryl methyl sites for hydroxylation is 2. The Morgan fingerprint density at radius 3 is 2.24 bits per heavy atom. The highest BCUT2D eigenvalue weighted by Crippen LogP contribution is 2.21. The lowest BCUT2D eigenvalue weighted by Crippen LogP contribution is -2.06. The van der Waals surface area contributed by atoms with Crippen LogP contribution in [0.2, 0.25) is 0 Å². The summed E-state index contributed by atoms with van der Waals surface area (Å²) in [7, 11) is 0. The molecular weight excluding hydrogens is 260 g/mol. The van der Waals surface area contributed by atoms with E-state index in [1.54, 1.807) is 0 Å². The summed E-state index contributed by atoms with van der Waals surface area (Å²) in [5.41, 5.74) is 4.10. The van der Waals surface area contributed by atoms with Gasteiger partial charge in [0.25, 0.3) is 0 Å². The Morgan fingerprint density at radius 1 is 1.00 bits per heavy atom. The van der Waals surface area contributed by atoms with Gasteiger partial charge in [-0.3, -0.25) is 4.98 Å². The van der Waals surface area contributed by atoms with Crippen molar-refractivity contribution in [3.63, 3.8) is 0 Å². The standard InChI is InChI=1S/C17H24N4/c1-6-18-16-10-15(7-11(2)3)20-17(21-16)14-8-12(4)19-13(5)9-14/h8-11H,6-7H2,1-5H3,(H,18,20,21). The minimum atomic E-state index is 0.572. The molecule has 4 heteroatoms. The molecule has 2 heterocycles. The maximum atomic E-state index is 4.73. The Hall–Kier alpha value is -1.97. The number of aromatic nitrogens is 3. The minimum absolute atomic E-state index is 0.572. The van der Waals surface area contributed by atoms with Crippen LogP contribution in [0.3, 0.4) is 0 Å². The van der Waals surface area contributed by atoms with Gasteiger partial charge in [0.05, 0.1) is 0 Å². The average Bonchev–Trinajstić information content (AvgIpc) is 2.36. The van der Waals surface area contributed by atoms with E-state index < -0.39 is 0 Å². The van der Waals surface area contributed by atoms with E-state index in [-0.39, 0.29) is 0 Å². The maximum absolute atomic E-state index is 4.73. The molecule has 0 bridgehead atoms. The second-order valence-electron chi connectivity index (χ2n) is 5.84. The molecule has 0 aliphatic carbocycles. The molecule has 0 aliphatic rings. The first kappa shape index (κ1) is 15.4. The van der Waals surface area contributed by atoms with Crippen molar-refractivity contribution in [2.24, 2.45) is 5.92 Å². The summed E-state index contributed by atoms with van der Waals surface area (Å²) in [6.07, 6.45) is 0.955. The van der Waals surface area contributed by atoms with Crippen LogP contribution in [-0.2, 0) is 6.42 Å². The smallest absolute Gasteiger partial charge is 0.161 e. The molecule has 0 radical (unpaired) electrons. The number of rotatable bonds is 5. The van der Waals surface area contributed by atoms with Crippen molar-refractivity contribution >= 4 is 5.82 Å². The molecule has 2 aromatic heterocycles. The van der Waals surface area contributed by atoms with Gasteiger partial charge in [-0.05, 0) is 45.2 Å². The molecular formula is C17H24N4. The first-order valence-corrected chi connectivity index (χ1v) is 7.55. The van der Waals surface area contributed by atoms with Gasteiger partial charge in [0, 0.05) is 35.3 Å². The van der Waals surface area contributed by atoms with Crippen LogP contribution in [0.4, 0.5) is 5.82 Å². The van der Waals surface area contributed by atoms with E-state index in [0.717, 1.165) is 47.3 Å². The van der Waals surface area contributed by atoms with Crippen molar-refractivity contribution < 1.29 is 0 Å². The number of hydrogen-bond acceptors (Lipinski definition) is 4. The Kier molecular flexibility index (Phi) is 4.89. The van der Waals surface area contributed by atoms with E-state index in [2.05, 4.69) is 36.1 Å². The molecule has 0 aromatic carbocycles. The second kappa shape index (κ2) is 6.66. The van der Waals surface area contributed by atoms with Crippen LogP contribution in [0, 0.1) is 19.8 Å². The van der Waals surface area contributed by atoms with E-state index in [9.17, 15) is 0 Å². The third-order valence-electron chi connectivity index (χ3n) is 3.09. The molecule has 0 spiro atoms. The summed E-state index contributed by atoms with van der Waals surface area (Å²) in [5, 5.41) is 3.29. The summed E-state index contributed by atoms with van der Waals surface area (Å²) in [4.78, 5) is 13.8. The van der Waals surface area contributed by atoms with Crippen LogP contribution >= 0.6 is 0 Å². The Morgan fingerprint density at radius 2 is 1.67 bits per heavy atom. The van der Waals surface area contributed by atoms with E-state index in [1.807, 2.05) is 32.0 Å². The van der Waals surface area contributed by atoms with Crippen LogP contribution in [0.1, 0.15) is 37.9 Å². The number of nitrogens with zero attached hydrogens (tertiary/aromatic N) is 3. The Bertz CT molecular complexity index is 600. The summed E-state index contributed by atoms with van der Waals surface area (Å²) in [5.74, 6) is 2.24. The molecule has 0 unspecified atom stereocenters. The number of pyridine rings is 1. The third kappa shape index (κ3) is 4.25. The van der Waals surface area contributed by atoms with Gasteiger partial charge in [-0.15, -0.1) is 0 Å². The first-order chi connectivity index (χ1) is 9.97. The monoisotopic (exact) mass is 284 g/mol. The van der Waals surface area contributed by atoms with Gasteiger partial charge in [-0.2, -0.15) is 0 Å². The fourth-order valence-electron chi connectivity index (χ4n) is 2.38. The molecule has 112 valence electrons. The predicted molar refractivity (Wildman–Crippen MR) is 87.4 cm³/mol. The van der Waals surface area contributed by atoms with Crippen molar-refractivity contribution in [1.82, 2.24) is 15.0 Å². The van der Waals surface area contributed by atoms with E-state index in [4.69, 9.17) is 4.98 Å². The second-order valence-corrected chi connectivity index (χ2v) is 5.84. The zero-order chi connectivity index (χ0) is 15.4. The first-order valence-electron chi connectivity index (χ1n) is 7.55. The molecule has 0 aliphatic heterocycles. The summed E-state index contributed by atoms with van der Waals surface area (Å²) < 4.78 is 0. The lowest BCUT2D eigenvalue weighted by atomic mass is 10.1. The van der Waals surface area contributed by atoms with Gasteiger partial charge >= 0.3 is 0 Å². The van der Waals surface area contributed by atoms with E-state index >= 15 is 0 Å². The fraction of sp³-hybridized carbons (Fsp3) is 0.471. The van der Waals surface area contributed by atoms with Gasteiger partial charge < -0.3 is 5.32 Å². The number of hydrogen-bond donors (Lipinski definition) is 1. The molecule has 2 aromatic rings. The van der Waals surface area contributed by atoms with Crippen LogP contribution in [0.5, 0.6) is 0 Å². The minimum Gasteiger partial charge on any atom is -0.370 e. The normalized spacial score (nSPS) is 11.0. The van der Waals surface area contributed by atoms with Crippen molar-refractivity contribution in [1.29, 1.82) is 0 Å². The molecule has 0 amide bonds. The lowest BCUT2D eigenvalue weighted by molar-refractivity contribution is 0.635. The van der Waals surface area contributed by atoms with Gasteiger partial charge in [-0.1, -0.05) is 13.8 Å². The molecule has 0 saturated carbocycles. The highest BCUT2D eigenvalue weighted by atomic mass is 15.0. The van der Waals surface area contributed by atoms with Crippen LogP contribution in [-0.4, -0.2) is 21.5 Å². The SMILES string of the molecule is CCNc1cc(CC(C)C)nc(-c2cc(C)nc(C)c2)n1. The van der Waals surface area contributed by atoms with Crippen molar-refractivity contribution in [3.8, 4) is 11.4 Å². The lowest BCUT2D eigenvalue weighted by Gasteiger charge is -2.11. The van der Waals surface area contributed by atoms with E-state index in [0.29, 0.717) is 5.92 Å². The Labute approximate surface area is 127 Å². The molecule has 0 atom stereocenters. The molecule has 4 nitrogen and oxygen atoms in total. The molecule has 0 fully saturated rings. The zero-order valence-electron chi connectivity index (χ0n) is 13.6. The zero-order valence-corrected chi connectivity index (χ0v) is 13.6.